The van der Waals surface area contributed by atoms with Gasteiger partial charge >= 0.3 is 0 Å². The molecule has 2 nitrogen and oxygen atoms in total. The second-order valence-corrected chi connectivity index (χ2v) is 6.70. The summed E-state index contributed by atoms with van der Waals surface area (Å²) < 4.78 is 0. The van der Waals surface area contributed by atoms with Gasteiger partial charge in [-0.1, -0.05) is 37.6 Å². The number of hydrogen-bond donors (Lipinski definition) is 2. The van der Waals surface area contributed by atoms with Crippen LogP contribution in [0.2, 0.25) is 0 Å². The van der Waals surface area contributed by atoms with E-state index in [4.69, 9.17) is 0 Å². The fourth-order valence-electron chi connectivity index (χ4n) is 3.08. The van der Waals surface area contributed by atoms with Gasteiger partial charge in [-0.05, 0) is 41.8 Å². The summed E-state index contributed by atoms with van der Waals surface area (Å²) >= 11 is 1.86. The van der Waals surface area contributed by atoms with Crippen molar-refractivity contribution in [3.05, 3.63) is 51.7 Å². The molecular weight excluding hydrogens is 276 g/mol. The van der Waals surface area contributed by atoms with E-state index in [2.05, 4.69) is 53.3 Å². The molecule has 112 valence electrons. The van der Waals surface area contributed by atoms with Crippen molar-refractivity contribution in [1.82, 2.24) is 5.32 Å². The molecule has 2 aromatic rings. The minimum atomic E-state index is 0.481. The lowest BCUT2D eigenvalue weighted by molar-refractivity contribution is 0.500. The number of para-hydroxylation sites is 1. The Morgan fingerprint density at radius 3 is 3.05 bits per heavy atom. The van der Waals surface area contributed by atoms with Crippen molar-refractivity contribution in [1.29, 1.82) is 0 Å². The van der Waals surface area contributed by atoms with Crippen LogP contribution >= 0.6 is 11.3 Å². The minimum Gasteiger partial charge on any atom is -0.385 e. The Bertz CT molecular complexity index is 563. The van der Waals surface area contributed by atoms with Gasteiger partial charge in [0.2, 0.25) is 0 Å². The molecule has 0 radical (unpaired) electrons. The maximum atomic E-state index is 3.76. The molecule has 1 aliphatic heterocycles. The Labute approximate surface area is 131 Å². The molecule has 1 unspecified atom stereocenters. The summed E-state index contributed by atoms with van der Waals surface area (Å²) in [6.45, 7) is 4.31. The average molecular weight is 300 g/mol. The summed E-state index contributed by atoms with van der Waals surface area (Å²) in [5.41, 5.74) is 4.26. The molecule has 0 bridgehead atoms. The Morgan fingerprint density at radius 2 is 2.24 bits per heavy atom. The van der Waals surface area contributed by atoms with Gasteiger partial charge in [0.1, 0.15) is 0 Å². The molecule has 2 N–H and O–H groups in total. The maximum Gasteiger partial charge on any atom is 0.0418 e. The fourth-order valence-corrected chi connectivity index (χ4v) is 3.92. The normalized spacial score (nSPS) is 15.3. The lowest BCUT2D eigenvalue weighted by atomic mass is 9.99. The number of fused-ring (bicyclic) bond motifs is 1. The van der Waals surface area contributed by atoms with Gasteiger partial charge in [-0.15, -0.1) is 11.3 Å². The zero-order valence-electron chi connectivity index (χ0n) is 12.7. The van der Waals surface area contributed by atoms with E-state index in [0.717, 1.165) is 13.1 Å². The molecule has 1 aliphatic rings. The molecule has 21 heavy (non-hydrogen) atoms. The van der Waals surface area contributed by atoms with Crippen LogP contribution in [0.15, 0.2) is 35.7 Å². The molecule has 0 saturated heterocycles. The maximum absolute atomic E-state index is 3.76. The Morgan fingerprint density at radius 1 is 1.29 bits per heavy atom. The monoisotopic (exact) mass is 300 g/mol. The number of hydrogen-bond acceptors (Lipinski definition) is 3. The van der Waals surface area contributed by atoms with Gasteiger partial charge in [0, 0.05) is 29.7 Å². The summed E-state index contributed by atoms with van der Waals surface area (Å²) in [6, 6.07) is 11.6. The van der Waals surface area contributed by atoms with Crippen LogP contribution < -0.4 is 10.6 Å². The summed E-state index contributed by atoms with van der Waals surface area (Å²) in [5.74, 6) is 0. The van der Waals surface area contributed by atoms with Gasteiger partial charge in [0.25, 0.3) is 0 Å². The van der Waals surface area contributed by atoms with Gasteiger partial charge in [-0.3, -0.25) is 0 Å². The van der Waals surface area contributed by atoms with Crippen LogP contribution in [0.5, 0.6) is 0 Å². The van der Waals surface area contributed by atoms with Crippen molar-refractivity contribution in [3.8, 4) is 0 Å². The number of anilines is 1. The standard InChI is InChI=1S/C18H24N2S/c1-2-6-16(17-10-5-12-21-17)20-13-15-8-3-7-14-9-4-11-19-18(14)15/h3,5,7-8,10,12,16,19-20H,2,4,6,9,11,13H2,1H3. The summed E-state index contributed by atoms with van der Waals surface area (Å²) in [6.07, 6.45) is 4.86. The minimum absolute atomic E-state index is 0.481. The molecule has 1 aromatic heterocycles. The number of aryl methyl sites for hydroxylation is 1. The molecule has 0 spiro atoms. The van der Waals surface area contributed by atoms with Crippen molar-refractivity contribution in [3.63, 3.8) is 0 Å². The zero-order chi connectivity index (χ0) is 14.5. The van der Waals surface area contributed by atoms with E-state index >= 15 is 0 Å². The zero-order valence-corrected chi connectivity index (χ0v) is 13.5. The summed E-state index contributed by atoms with van der Waals surface area (Å²) in [4.78, 5) is 1.45. The third-order valence-corrected chi connectivity index (χ3v) is 5.15. The van der Waals surface area contributed by atoms with E-state index < -0.39 is 0 Å². The van der Waals surface area contributed by atoms with Gasteiger partial charge in [0.15, 0.2) is 0 Å². The number of thiophene rings is 1. The van der Waals surface area contributed by atoms with Gasteiger partial charge in [0.05, 0.1) is 0 Å². The van der Waals surface area contributed by atoms with E-state index in [1.54, 1.807) is 0 Å². The Balaban J connectivity index is 1.71. The molecule has 1 atom stereocenters. The third kappa shape index (κ3) is 3.47. The molecule has 3 rings (SSSR count). The van der Waals surface area contributed by atoms with Gasteiger partial charge in [-0.2, -0.15) is 0 Å². The second kappa shape index (κ2) is 7.10. The third-order valence-electron chi connectivity index (χ3n) is 4.16. The fraction of sp³-hybridized carbons (Fsp3) is 0.444. The molecule has 0 fully saturated rings. The molecule has 3 heteroatoms. The smallest absolute Gasteiger partial charge is 0.0418 e. The van der Waals surface area contributed by atoms with Crippen LogP contribution in [0.1, 0.15) is 48.2 Å². The topological polar surface area (TPSA) is 24.1 Å². The lowest BCUT2D eigenvalue weighted by Gasteiger charge is -2.23. The first-order chi connectivity index (χ1) is 10.4. The Kier molecular flexibility index (Phi) is 4.94. The number of rotatable bonds is 6. The predicted molar refractivity (Wildman–Crippen MR) is 92.1 cm³/mol. The molecule has 1 aromatic carbocycles. The highest BCUT2D eigenvalue weighted by Crippen LogP contribution is 2.28. The van der Waals surface area contributed by atoms with Crippen molar-refractivity contribution in [2.24, 2.45) is 0 Å². The summed E-state index contributed by atoms with van der Waals surface area (Å²) in [5, 5.41) is 9.52. The quantitative estimate of drug-likeness (QED) is 0.805. The van der Waals surface area contributed by atoms with Crippen LogP contribution in [0.4, 0.5) is 5.69 Å². The molecule has 2 heterocycles. The first kappa shape index (κ1) is 14.6. The molecule has 0 saturated carbocycles. The van der Waals surface area contributed by atoms with E-state index in [1.165, 1.54) is 47.4 Å². The van der Waals surface area contributed by atoms with Crippen molar-refractivity contribution in [2.45, 2.75) is 45.2 Å². The predicted octanol–water partition coefficient (Wildman–Crippen LogP) is 4.74. The second-order valence-electron chi connectivity index (χ2n) is 5.72. The lowest BCUT2D eigenvalue weighted by Crippen LogP contribution is -2.22. The van der Waals surface area contributed by atoms with Gasteiger partial charge < -0.3 is 10.6 Å². The van der Waals surface area contributed by atoms with Crippen molar-refractivity contribution >= 4 is 17.0 Å². The SMILES string of the molecule is CCCC(NCc1cccc2c1NCCC2)c1cccs1. The van der Waals surface area contributed by atoms with Crippen LogP contribution in [0.25, 0.3) is 0 Å². The average Bonchev–Trinajstić information content (AvgIpc) is 3.05. The van der Waals surface area contributed by atoms with Gasteiger partial charge in [-0.25, -0.2) is 0 Å². The van der Waals surface area contributed by atoms with Crippen molar-refractivity contribution in [2.75, 3.05) is 11.9 Å². The first-order valence-electron chi connectivity index (χ1n) is 8.00. The Hall–Kier alpha value is -1.32. The highest BCUT2D eigenvalue weighted by Gasteiger charge is 2.15. The highest BCUT2D eigenvalue weighted by atomic mass is 32.1. The van der Waals surface area contributed by atoms with E-state index in [0.29, 0.717) is 6.04 Å². The molecule has 0 amide bonds. The molecular formula is C18H24N2S. The van der Waals surface area contributed by atoms with Crippen LogP contribution in [0.3, 0.4) is 0 Å². The summed E-state index contributed by atoms with van der Waals surface area (Å²) in [7, 11) is 0. The number of benzene rings is 1. The first-order valence-corrected chi connectivity index (χ1v) is 8.88. The van der Waals surface area contributed by atoms with Crippen molar-refractivity contribution < 1.29 is 0 Å². The van der Waals surface area contributed by atoms with Crippen LogP contribution in [-0.4, -0.2) is 6.54 Å². The van der Waals surface area contributed by atoms with Crippen LogP contribution in [0, 0.1) is 0 Å². The van der Waals surface area contributed by atoms with E-state index in [-0.39, 0.29) is 0 Å². The molecule has 0 aliphatic carbocycles. The van der Waals surface area contributed by atoms with E-state index in [1.807, 2.05) is 11.3 Å². The number of nitrogens with one attached hydrogen (secondary N) is 2. The van der Waals surface area contributed by atoms with E-state index in [9.17, 15) is 0 Å². The van der Waals surface area contributed by atoms with Crippen LogP contribution in [-0.2, 0) is 13.0 Å². The largest absolute Gasteiger partial charge is 0.385 e. The highest BCUT2D eigenvalue weighted by molar-refractivity contribution is 7.10.